The Balaban J connectivity index is 3.16. The number of unbranched alkanes of at least 4 members (excludes halogenated alkanes) is 10. The maximum absolute atomic E-state index is 12.0. The van der Waals surface area contributed by atoms with E-state index in [4.69, 9.17) is 28.4 Å². The molecule has 0 rings (SSSR count). The molecule has 0 aliphatic heterocycles. The van der Waals surface area contributed by atoms with Crippen molar-refractivity contribution in [2.75, 3.05) is 72.7 Å². The maximum Gasteiger partial charge on any atom is 0.308 e. The zero-order chi connectivity index (χ0) is 27.1. The molecule has 222 valence electrons. The lowest BCUT2D eigenvalue weighted by atomic mass is 10.00. The van der Waals surface area contributed by atoms with Crippen molar-refractivity contribution >= 4 is 5.97 Å². The third kappa shape index (κ3) is 28.1. The lowest BCUT2D eigenvalue weighted by Gasteiger charge is -2.13. The number of hydrogen-bond acceptors (Lipinski definition) is 7. The van der Waals surface area contributed by atoms with Gasteiger partial charge < -0.3 is 28.4 Å². The van der Waals surface area contributed by atoms with Crippen molar-refractivity contribution in [2.45, 2.75) is 111 Å². The Kier molecular flexibility index (Phi) is 30.9. The van der Waals surface area contributed by atoms with Crippen molar-refractivity contribution in [1.82, 2.24) is 0 Å². The summed E-state index contributed by atoms with van der Waals surface area (Å²) in [6.45, 7) is 12.4. The average Bonchev–Trinajstić information content (AvgIpc) is 2.91. The summed E-state index contributed by atoms with van der Waals surface area (Å²) in [5, 5.41) is 0. The highest BCUT2D eigenvalue weighted by atomic mass is 16.6. The molecule has 0 heterocycles. The summed E-state index contributed by atoms with van der Waals surface area (Å²) in [4.78, 5) is 12.0. The molecule has 0 fully saturated rings. The fourth-order valence-electron chi connectivity index (χ4n) is 3.93. The molecule has 7 heteroatoms. The summed E-state index contributed by atoms with van der Waals surface area (Å²) in [6, 6.07) is 0. The van der Waals surface area contributed by atoms with E-state index in [2.05, 4.69) is 13.8 Å². The first kappa shape index (κ1) is 36.3. The Hall–Kier alpha value is -0.730. The van der Waals surface area contributed by atoms with Crippen LogP contribution in [-0.2, 0) is 33.2 Å². The molecule has 0 saturated carbocycles. The Morgan fingerprint density at radius 3 is 1.27 bits per heavy atom. The van der Waals surface area contributed by atoms with Gasteiger partial charge in [0.1, 0.15) is 6.61 Å². The van der Waals surface area contributed by atoms with E-state index in [-0.39, 0.29) is 11.9 Å². The highest BCUT2D eigenvalue weighted by Gasteiger charge is 2.16. The van der Waals surface area contributed by atoms with E-state index in [1.54, 1.807) is 0 Å². The smallest absolute Gasteiger partial charge is 0.308 e. The van der Waals surface area contributed by atoms with Gasteiger partial charge in [-0.05, 0) is 19.3 Å². The third-order valence-electron chi connectivity index (χ3n) is 6.33. The van der Waals surface area contributed by atoms with Crippen LogP contribution in [0, 0.1) is 5.92 Å². The molecule has 0 aliphatic rings. The third-order valence-corrected chi connectivity index (χ3v) is 6.33. The lowest BCUT2D eigenvalue weighted by molar-refractivity contribution is -0.150. The molecule has 7 nitrogen and oxygen atoms in total. The van der Waals surface area contributed by atoms with E-state index in [1.807, 2.05) is 6.92 Å². The van der Waals surface area contributed by atoms with Gasteiger partial charge in [-0.1, -0.05) is 91.4 Å². The van der Waals surface area contributed by atoms with Gasteiger partial charge >= 0.3 is 5.97 Å². The maximum atomic E-state index is 12.0. The van der Waals surface area contributed by atoms with Crippen LogP contribution in [0.5, 0.6) is 0 Å². The number of hydrogen-bond donors (Lipinski definition) is 0. The summed E-state index contributed by atoms with van der Waals surface area (Å²) in [6.07, 6.45) is 17.3. The molecule has 0 saturated heterocycles. The first-order valence-corrected chi connectivity index (χ1v) is 15.3. The van der Waals surface area contributed by atoms with Crippen LogP contribution >= 0.6 is 0 Å². The van der Waals surface area contributed by atoms with Crippen LogP contribution in [-0.4, -0.2) is 78.6 Å². The Morgan fingerprint density at radius 2 is 0.838 bits per heavy atom. The summed E-state index contributed by atoms with van der Waals surface area (Å²) in [5.41, 5.74) is 0. The van der Waals surface area contributed by atoms with Crippen LogP contribution in [0.2, 0.25) is 0 Å². The second kappa shape index (κ2) is 31.5. The van der Waals surface area contributed by atoms with Gasteiger partial charge in [0.15, 0.2) is 0 Å². The Morgan fingerprint density at radius 1 is 0.459 bits per heavy atom. The summed E-state index contributed by atoms with van der Waals surface area (Å²) in [7, 11) is 0. The van der Waals surface area contributed by atoms with E-state index in [0.29, 0.717) is 66.1 Å². The molecule has 0 aromatic rings. The molecule has 37 heavy (non-hydrogen) atoms. The van der Waals surface area contributed by atoms with Crippen molar-refractivity contribution in [3.05, 3.63) is 0 Å². The van der Waals surface area contributed by atoms with Crippen LogP contribution in [0.1, 0.15) is 111 Å². The van der Waals surface area contributed by atoms with Crippen LogP contribution in [0.3, 0.4) is 0 Å². The van der Waals surface area contributed by atoms with Crippen molar-refractivity contribution in [1.29, 1.82) is 0 Å². The second-order valence-corrected chi connectivity index (χ2v) is 9.66. The van der Waals surface area contributed by atoms with Crippen LogP contribution in [0.4, 0.5) is 0 Å². The average molecular weight is 533 g/mol. The van der Waals surface area contributed by atoms with Crippen molar-refractivity contribution in [2.24, 2.45) is 5.92 Å². The monoisotopic (exact) mass is 532 g/mol. The van der Waals surface area contributed by atoms with E-state index < -0.39 is 0 Å². The molecular weight excluding hydrogens is 472 g/mol. The molecule has 0 aromatic carbocycles. The summed E-state index contributed by atoms with van der Waals surface area (Å²) in [5.74, 6) is -0.0879. The minimum absolute atomic E-state index is 0.0150. The van der Waals surface area contributed by atoms with Gasteiger partial charge in [0.2, 0.25) is 0 Å². The predicted molar refractivity (Wildman–Crippen MR) is 150 cm³/mol. The lowest BCUT2D eigenvalue weighted by Crippen LogP contribution is -2.20. The van der Waals surface area contributed by atoms with Crippen LogP contribution in [0.15, 0.2) is 0 Å². The van der Waals surface area contributed by atoms with E-state index in [1.165, 1.54) is 57.8 Å². The number of carbonyl (C=O) groups is 1. The molecule has 1 atom stereocenters. The molecule has 0 spiro atoms. The van der Waals surface area contributed by atoms with Crippen LogP contribution < -0.4 is 0 Å². The molecule has 0 aromatic heterocycles. The number of esters is 1. The Labute approximate surface area is 228 Å². The second-order valence-electron chi connectivity index (χ2n) is 9.66. The predicted octanol–water partition coefficient (Wildman–Crippen LogP) is 6.75. The van der Waals surface area contributed by atoms with Crippen LogP contribution in [0.25, 0.3) is 0 Å². The summed E-state index contributed by atoms with van der Waals surface area (Å²) < 4.78 is 32.9. The first-order chi connectivity index (χ1) is 18.3. The minimum atomic E-state index is -0.103. The molecular formula is C30H60O7. The quantitative estimate of drug-likeness (QED) is 0.0722. The van der Waals surface area contributed by atoms with Gasteiger partial charge in [-0.3, -0.25) is 4.79 Å². The molecule has 0 amide bonds. The minimum Gasteiger partial charge on any atom is -0.463 e. The highest BCUT2D eigenvalue weighted by molar-refractivity contribution is 5.72. The molecule has 1 unspecified atom stereocenters. The van der Waals surface area contributed by atoms with Gasteiger partial charge in [0.25, 0.3) is 0 Å². The SMILES string of the molecule is CCCCCCCCCCCCOCCOCCOCCOCCOCCOC(=O)C(CC)CCCC. The van der Waals surface area contributed by atoms with Crippen molar-refractivity contribution in [3.63, 3.8) is 0 Å². The standard InChI is InChI=1S/C30H60O7/c1-4-7-9-10-11-12-13-14-15-16-18-32-19-20-33-21-22-34-23-24-35-25-26-36-27-28-37-30(31)29(6-3)17-8-5-2/h29H,4-28H2,1-3H3. The number of ether oxygens (including phenoxy) is 6. The van der Waals surface area contributed by atoms with E-state index in [0.717, 1.165) is 38.7 Å². The topological polar surface area (TPSA) is 72.5 Å². The van der Waals surface area contributed by atoms with Gasteiger partial charge in [0, 0.05) is 6.61 Å². The fraction of sp³-hybridized carbons (Fsp3) is 0.967. The largest absolute Gasteiger partial charge is 0.463 e. The molecule has 0 aliphatic carbocycles. The Bertz CT molecular complexity index is 448. The van der Waals surface area contributed by atoms with Gasteiger partial charge in [-0.15, -0.1) is 0 Å². The number of rotatable bonds is 31. The van der Waals surface area contributed by atoms with Gasteiger partial charge in [-0.25, -0.2) is 0 Å². The molecule has 0 bridgehead atoms. The van der Waals surface area contributed by atoms with Gasteiger partial charge in [-0.2, -0.15) is 0 Å². The van der Waals surface area contributed by atoms with Gasteiger partial charge in [0.05, 0.1) is 65.4 Å². The molecule has 0 N–H and O–H groups in total. The fourth-order valence-corrected chi connectivity index (χ4v) is 3.93. The van der Waals surface area contributed by atoms with E-state index in [9.17, 15) is 4.79 Å². The number of carbonyl (C=O) groups excluding carboxylic acids is 1. The van der Waals surface area contributed by atoms with Crippen molar-refractivity contribution < 1.29 is 33.2 Å². The van der Waals surface area contributed by atoms with Crippen molar-refractivity contribution in [3.8, 4) is 0 Å². The highest BCUT2D eigenvalue weighted by Crippen LogP contribution is 2.14. The zero-order valence-corrected chi connectivity index (χ0v) is 24.6. The summed E-state index contributed by atoms with van der Waals surface area (Å²) >= 11 is 0. The molecule has 0 radical (unpaired) electrons. The van der Waals surface area contributed by atoms with E-state index >= 15 is 0 Å². The first-order valence-electron chi connectivity index (χ1n) is 15.3. The normalized spacial score (nSPS) is 12.2. The zero-order valence-electron chi connectivity index (χ0n) is 24.6.